The highest BCUT2D eigenvalue weighted by atomic mass is 32.1. The van der Waals surface area contributed by atoms with E-state index in [1.54, 1.807) is 17.6 Å². The zero-order valence-electron chi connectivity index (χ0n) is 7.86. The molecule has 0 bridgehead atoms. The number of nitrogens with one attached hydrogen (secondary N) is 1. The summed E-state index contributed by atoms with van der Waals surface area (Å²) in [5.41, 5.74) is 0. The van der Waals surface area contributed by atoms with E-state index in [0.29, 0.717) is 0 Å². The Morgan fingerprint density at radius 2 is 2.43 bits per heavy atom. The first kappa shape index (κ1) is 9.36. The number of nitrogens with zero attached hydrogens (tertiary/aromatic N) is 2. The summed E-state index contributed by atoms with van der Waals surface area (Å²) >= 11 is 1.55. The number of furan rings is 1. The fraction of sp³-hybridized carbons (Fsp3) is 0.333. The average molecular weight is 209 g/mol. The summed E-state index contributed by atoms with van der Waals surface area (Å²) < 4.78 is 5.22. The molecule has 0 radical (unpaired) electrons. The molecule has 0 aliphatic rings. The van der Waals surface area contributed by atoms with Gasteiger partial charge in [-0.15, -0.1) is 10.2 Å². The molecule has 0 aliphatic carbocycles. The smallest absolute Gasteiger partial charge is 0.183 e. The molecule has 0 amide bonds. The third kappa shape index (κ3) is 2.00. The standard InChI is InChI=1S/C9H11N3OS/c1-2-10-6-8-11-12-9(14-8)7-4-3-5-13-7/h3-5,10H,2,6H2,1H3. The SMILES string of the molecule is CCNCc1nnc(-c2ccco2)s1. The first-order valence-corrected chi connectivity index (χ1v) is 5.28. The molecular formula is C9H11N3OS. The zero-order chi connectivity index (χ0) is 9.80. The van der Waals surface area contributed by atoms with Gasteiger partial charge in [0, 0.05) is 6.54 Å². The van der Waals surface area contributed by atoms with Crippen LogP contribution in [0.5, 0.6) is 0 Å². The molecule has 0 unspecified atom stereocenters. The minimum atomic E-state index is 0.773. The maximum Gasteiger partial charge on any atom is 0.183 e. The fourth-order valence-electron chi connectivity index (χ4n) is 1.06. The van der Waals surface area contributed by atoms with Crippen molar-refractivity contribution in [1.29, 1.82) is 0 Å². The van der Waals surface area contributed by atoms with Crippen LogP contribution in [-0.2, 0) is 6.54 Å². The van der Waals surface area contributed by atoms with Crippen molar-refractivity contribution in [1.82, 2.24) is 15.5 Å². The van der Waals surface area contributed by atoms with Gasteiger partial charge >= 0.3 is 0 Å². The second kappa shape index (κ2) is 4.34. The Bertz CT molecular complexity index is 382. The molecule has 1 N–H and O–H groups in total. The molecule has 0 saturated carbocycles. The van der Waals surface area contributed by atoms with Gasteiger partial charge in [0.1, 0.15) is 5.01 Å². The summed E-state index contributed by atoms with van der Waals surface area (Å²) in [4.78, 5) is 0. The highest BCUT2D eigenvalue weighted by molar-refractivity contribution is 7.14. The van der Waals surface area contributed by atoms with Gasteiger partial charge in [-0.1, -0.05) is 18.3 Å². The predicted octanol–water partition coefficient (Wildman–Crippen LogP) is 1.91. The van der Waals surface area contributed by atoms with Crippen LogP contribution in [0.4, 0.5) is 0 Å². The van der Waals surface area contributed by atoms with E-state index in [-0.39, 0.29) is 0 Å². The summed E-state index contributed by atoms with van der Waals surface area (Å²) in [6, 6.07) is 3.73. The Balaban J connectivity index is 2.10. The molecule has 0 aliphatic heterocycles. The average Bonchev–Trinajstić information content (AvgIpc) is 2.85. The van der Waals surface area contributed by atoms with Gasteiger partial charge in [0.05, 0.1) is 6.26 Å². The van der Waals surface area contributed by atoms with Crippen molar-refractivity contribution in [2.24, 2.45) is 0 Å². The third-order valence-corrected chi connectivity index (χ3v) is 2.66. The molecule has 0 saturated heterocycles. The van der Waals surface area contributed by atoms with Crippen molar-refractivity contribution >= 4 is 11.3 Å². The van der Waals surface area contributed by atoms with Crippen molar-refractivity contribution in [3.63, 3.8) is 0 Å². The fourth-order valence-corrected chi connectivity index (χ4v) is 1.83. The van der Waals surface area contributed by atoms with Gasteiger partial charge in [-0.2, -0.15) is 0 Å². The molecule has 14 heavy (non-hydrogen) atoms. The molecular weight excluding hydrogens is 198 g/mol. The number of hydrogen-bond donors (Lipinski definition) is 1. The Kier molecular flexibility index (Phi) is 2.90. The molecule has 2 aromatic heterocycles. The van der Waals surface area contributed by atoms with Gasteiger partial charge < -0.3 is 9.73 Å². The van der Waals surface area contributed by atoms with Crippen LogP contribution in [0.2, 0.25) is 0 Å². The number of aromatic nitrogens is 2. The van der Waals surface area contributed by atoms with Crippen molar-refractivity contribution in [2.45, 2.75) is 13.5 Å². The lowest BCUT2D eigenvalue weighted by molar-refractivity contribution is 0.581. The van der Waals surface area contributed by atoms with E-state index in [9.17, 15) is 0 Å². The van der Waals surface area contributed by atoms with Crippen LogP contribution < -0.4 is 5.32 Å². The maximum absolute atomic E-state index is 5.22. The van der Waals surface area contributed by atoms with Crippen LogP contribution in [0.1, 0.15) is 11.9 Å². The second-order valence-electron chi connectivity index (χ2n) is 2.76. The lowest BCUT2D eigenvalue weighted by Gasteiger charge is -1.93. The van der Waals surface area contributed by atoms with E-state index in [4.69, 9.17) is 4.42 Å². The van der Waals surface area contributed by atoms with Crippen molar-refractivity contribution in [2.75, 3.05) is 6.54 Å². The molecule has 0 fully saturated rings. The van der Waals surface area contributed by atoms with Gasteiger partial charge in [0.25, 0.3) is 0 Å². The van der Waals surface area contributed by atoms with E-state index in [0.717, 1.165) is 28.9 Å². The number of rotatable bonds is 4. The first-order chi connectivity index (χ1) is 6.90. The molecule has 2 aromatic rings. The van der Waals surface area contributed by atoms with Crippen LogP contribution in [0.25, 0.3) is 10.8 Å². The summed E-state index contributed by atoms with van der Waals surface area (Å²) in [6.45, 7) is 3.78. The highest BCUT2D eigenvalue weighted by Gasteiger charge is 2.07. The molecule has 74 valence electrons. The van der Waals surface area contributed by atoms with E-state index in [1.807, 2.05) is 12.1 Å². The van der Waals surface area contributed by atoms with Crippen LogP contribution >= 0.6 is 11.3 Å². The van der Waals surface area contributed by atoms with Crippen molar-refractivity contribution < 1.29 is 4.42 Å². The summed E-state index contributed by atoms with van der Waals surface area (Å²) in [7, 11) is 0. The van der Waals surface area contributed by atoms with E-state index in [2.05, 4.69) is 22.4 Å². The van der Waals surface area contributed by atoms with E-state index < -0.39 is 0 Å². The van der Waals surface area contributed by atoms with Gasteiger partial charge in [-0.3, -0.25) is 0 Å². The zero-order valence-corrected chi connectivity index (χ0v) is 8.67. The Hall–Kier alpha value is -1.20. The van der Waals surface area contributed by atoms with Gasteiger partial charge in [-0.05, 0) is 18.7 Å². The van der Waals surface area contributed by atoms with Gasteiger partial charge in [0.2, 0.25) is 0 Å². The monoisotopic (exact) mass is 209 g/mol. The summed E-state index contributed by atoms with van der Waals surface area (Å²) in [5.74, 6) is 0.783. The normalized spacial score (nSPS) is 10.6. The molecule has 2 rings (SSSR count). The third-order valence-electron chi connectivity index (χ3n) is 1.73. The van der Waals surface area contributed by atoms with Crippen LogP contribution in [0.15, 0.2) is 22.8 Å². The van der Waals surface area contributed by atoms with Crippen molar-refractivity contribution in [3.05, 3.63) is 23.4 Å². The van der Waals surface area contributed by atoms with E-state index in [1.165, 1.54) is 0 Å². The van der Waals surface area contributed by atoms with Crippen LogP contribution in [0, 0.1) is 0 Å². The Morgan fingerprint density at radius 1 is 1.50 bits per heavy atom. The van der Waals surface area contributed by atoms with Crippen LogP contribution in [-0.4, -0.2) is 16.7 Å². The maximum atomic E-state index is 5.22. The Labute approximate surface area is 86.0 Å². The molecule has 0 atom stereocenters. The molecule has 4 nitrogen and oxygen atoms in total. The quantitative estimate of drug-likeness (QED) is 0.835. The molecule has 0 spiro atoms. The second-order valence-corrected chi connectivity index (χ2v) is 3.82. The van der Waals surface area contributed by atoms with Crippen LogP contribution in [0.3, 0.4) is 0 Å². The van der Waals surface area contributed by atoms with Crippen molar-refractivity contribution in [3.8, 4) is 10.8 Å². The first-order valence-electron chi connectivity index (χ1n) is 4.47. The topological polar surface area (TPSA) is 51.0 Å². The molecule has 2 heterocycles. The summed E-state index contributed by atoms with van der Waals surface area (Å²) in [5, 5.41) is 13.1. The lowest BCUT2D eigenvalue weighted by Crippen LogP contribution is -2.11. The van der Waals surface area contributed by atoms with E-state index >= 15 is 0 Å². The minimum Gasteiger partial charge on any atom is -0.462 e. The minimum absolute atomic E-state index is 0.773. The lowest BCUT2D eigenvalue weighted by atomic mass is 10.5. The van der Waals surface area contributed by atoms with Gasteiger partial charge in [0.15, 0.2) is 10.8 Å². The predicted molar refractivity (Wildman–Crippen MR) is 55.0 cm³/mol. The molecule has 0 aromatic carbocycles. The highest BCUT2D eigenvalue weighted by Crippen LogP contribution is 2.23. The Morgan fingerprint density at radius 3 is 3.14 bits per heavy atom. The summed E-state index contributed by atoms with van der Waals surface area (Å²) in [6.07, 6.45) is 1.64. The van der Waals surface area contributed by atoms with Gasteiger partial charge in [-0.25, -0.2) is 0 Å². The number of hydrogen-bond acceptors (Lipinski definition) is 5. The molecule has 5 heteroatoms. The largest absolute Gasteiger partial charge is 0.462 e.